The molecule has 0 unspecified atom stereocenters. The highest BCUT2D eigenvalue weighted by atomic mass is 16.2. The highest BCUT2D eigenvalue weighted by Gasteiger charge is 2.34. The van der Waals surface area contributed by atoms with E-state index in [-0.39, 0.29) is 17.7 Å². The molecule has 0 spiro atoms. The Balaban J connectivity index is 1.27. The maximum atomic E-state index is 12.7. The monoisotopic (exact) mass is 389 g/mol. The maximum absolute atomic E-state index is 12.7. The number of hydrogen-bond acceptors (Lipinski definition) is 6. The fraction of sp³-hybridized carbons (Fsp3) is 0.789. The summed E-state index contributed by atoms with van der Waals surface area (Å²) in [4.78, 5) is 29.4. The van der Waals surface area contributed by atoms with Gasteiger partial charge in [-0.3, -0.25) is 19.2 Å². The molecule has 1 aliphatic carbocycles. The van der Waals surface area contributed by atoms with Crippen LogP contribution in [0.1, 0.15) is 49.0 Å². The molecule has 3 aliphatic rings. The van der Waals surface area contributed by atoms with Crippen molar-refractivity contribution in [1.29, 1.82) is 0 Å². The van der Waals surface area contributed by atoms with Gasteiger partial charge in [-0.25, -0.2) is 0 Å². The fourth-order valence-corrected chi connectivity index (χ4v) is 4.33. The first-order valence-electron chi connectivity index (χ1n) is 10.6. The van der Waals surface area contributed by atoms with Crippen molar-refractivity contribution < 1.29 is 9.59 Å². The Bertz CT molecular complexity index is 694. The first-order valence-corrected chi connectivity index (χ1v) is 10.6. The van der Waals surface area contributed by atoms with Crippen molar-refractivity contribution in [3.8, 4) is 0 Å². The summed E-state index contributed by atoms with van der Waals surface area (Å²) in [7, 11) is 0. The quantitative estimate of drug-likeness (QED) is 0.699. The van der Waals surface area contributed by atoms with Crippen LogP contribution in [-0.4, -0.2) is 81.4 Å². The zero-order valence-electron chi connectivity index (χ0n) is 16.4. The smallest absolute Gasteiger partial charge is 0.276 e. The van der Waals surface area contributed by atoms with E-state index >= 15 is 0 Å². The lowest BCUT2D eigenvalue weighted by molar-refractivity contribution is -0.127. The number of hydrogen-bond donors (Lipinski definition) is 2. The topological polar surface area (TPSA) is 109 Å². The maximum Gasteiger partial charge on any atom is 0.276 e. The van der Waals surface area contributed by atoms with Crippen molar-refractivity contribution in [2.45, 2.75) is 57.2 Å². The van der Waals surface area contributed by atoms with E-state index in [1.54, 1.807) is 10.9 Å². The van der Waals surface area contributed by atoms with Gasteiger partial charge in [0.1, 0.15) is 0 Å². The molecule has 1 atom stereocenters. The average molecular weight is 390 g/mol. The molecule has 2 amide bonds. The molecule has 28 heavy (non-hydrogen) atoms. The van der Waals surface area contributed by atoms with Crippen LogP contribution < -0.4 is 11.1 Å². The number of nitrogens with two attached hydrogens (primary N) is 1. The van der Waals surface area contributed by atoms with Crippen molar-refractivity contribution >= 4 is 11.8 Å². The van der Waals surface area contributed by atoms with Crippen LogP contribution in [0.3, 0.4) is 0 Å². The minimum absolute atomic E-state index is 0.0537. The normalized spacial score (nSPS) is 24.3. The van der Waals surface area contributed by atoms with Crippen LogP contribution in [0.15, 0.2) is 6.20 Å². The molecule has 2 saturated heterocycles. The van der Waals surface area contributed by atoms with E-state index in [9.17, 15) is 9.59 Å². The fourth-order valence-electron chi connectivity index (χ4n) is 4.33. The van der Waals surface area contributed by atoms with E-state index in [2.05, 4.69) is 20.5 Å². The first-order chi connectivity index (χ1) is 13.6. The summed E-state index contributed by atoms with van der Waals surface area (Å²) < 4.78 is 1.61. The third-order valence-corrected chi connectivity index (χ3v) is 6.13. The number of aromatic nitrogens is 3. The SMILES string of the molecule is NCCn1cc(C(=O)N2CCC(N3CCC[C@@H](C(=O)NC4CC4)C3)CC2)nn1. The van der Waals surface area contributed by atoms with Gasteiger partial charge in [0.25, 0.3) is 5.91 Å². The Kier molecular flexibility index (Phi) is 5.91. The number of carbonyl (C=O) groups is 2. The van der Waals surface area contributed by atoms with Gasteiger partial charge in [-0.1, -0.05) is 5.21 Å². The van der Waals surface area contributed by atoms with Crippen molar-refractivity contribution in [2.24, 2.45) is 11.7 Å². The van der Waals surface area contributed by atoms with Crippen LogP contribution in [0.4, 0.5) is 0 Å². The van der Waals surface area contributed by atoms with E-state index in [1.165, 1.54) is 0 Å². The second-order valence-electron chi connectivity index (χ2n) is 8.30. The molecular weight excluding hydrogens is 358 g/mol. The zero-order chi connectivity index (χ0) is 19.5. The molecule has 1 aromatic rings. The van der Waals surface area contributed by atoms with Gasteiger partial charge >= 0.3 is 0 Å². The van der Waals surface area contributed by atoms with E-state index in [1.807, 2.05) is 4.90 Å². The average Bonchev–Trinajstić information content (AvgIpc) is 3.42. The highest BCUT2D eigenvalue weighted by Crippen LogP contribution is 2.26. The second-order valence-corrected chi connectivity index (χ2v) is 8.30. The minimum atomic E-state index is -0.0537. The predicted molar refractivity (Wildman–Crippen MR) is 103 cm³/mol. The molecule has 2 aliphatic heterocycles. The second kappa shape index (κ2) is 8.57. The summed E-state index contributed by atoms with van der Waals surface area (Å²) in [6, 6.07) is 0.883. The van der Waals surface area contributed by atoms with E-state index < -0.39 is 0 Å². The van der Waals surface area contributed by atoms with Gasteiger partial charge < -0.3 is 16.0 Å². The standard InChI is InChI=1S/C19H31N7O2/c20-7-11-26-13-17(22-23-26)19(28)24-9-5-16(6-10-24)25-8-1-2-14(12-25)18(27)21-15-3-4-15/h13-16H,1-12,20H2,(H,21,27)/t14-/m1/s1. The Labute approximate surface area is 165 Å². The van der Waals surface area contributed by atoms with E-state index in [0.29, 0.717) is 30.9 Å². The molecule has 0 bridgehead atoms. The highest BCUT2D eigenvalue weighted by molar-refractivity contribution is 5.92. The summed E-state index contributed by atoms with van der Waals surface area (Å²) in [6.45, 7) is 4.39. The molecular formula is C19H31N7O2. The Morgan fingerprint density at radius 3 is 2.64 bits per heavy atom. The van der Waals surface area contributed by atoms with Gasteiger partial charge in [0.2, 0.25) is 5.91 Å². The first kappa shape index (κ1) is 19.3. The van der Waals surface area contributed by atoms with Gasteiger partial charge in [0.05, 0.1) is 18.7 Å². The Morgan fingerprint density at radius 2 is 1.93 bits per heavy atom. The number of amides is 2. The molecule has 0 radical (unpaired) electrons. The van der Waals surface area contributed by atoms with Crippen molar-refractivity contribution in [1.82, 2.24) is 30.1 Å². The molecule has 154 valence electrons. The molecule has 3 N–H and O–H groups in total. The van der Waals surface area contributed by atoms with Crippen molar-refractivity contribution in [3.05, 3.63) is 11.9 Å². The molecule has 9 heteroatoms. The van der Waals surface area contributed by atoms with Crippen LogP contribution in [0.2, 0.25) is 0 Å². The lowest BCUT2D eigenvalue weighted by Crippen LogP contribution is -2.51. The van der Waals surface area contributed by atoms with E-state index in [4.69, 9.17) is 5.73 Å². The molecule has 9 nitrogen and oxygen atoms in total. The summed E-state index contributed by atoms with van der Waals surface area (Å²) in [5.74, 6) is 0.300. The van der Waals surface area contributed by atoms with Gasteiger partial charge in [-0.05, 0) is 45.1 Å². The number of nitrogens with zero attached hydrogens (tertiary/aromatic N) is 5. The molecule has 3 fully saturated rings. The number of likely N-dealkylation sites (tertiary alicyclic amines) is 2. The number of carbonyl (C=O) groups excluding carboxylic acids is 2. The summed E-state index contributed by atoms with van der Waals surface area (Å²) in [6.07, 6.45) is 7.90. The molecule has 3 heterocycles. The van der Waals surface area contributed by atoms with Crippen LogP contribution in [0.25, 0.3) is 0 Å². The number of nitrogens with one attached hydrogen (secondary N) is 1. The third-order valence-electron chi connectivity index (χ3n) is 6.13. The Morgan fingerprint density at radius 1 is 1.14 bits per heavy atom. The predicted octanol–water partition coefficient (Wildman–Crippen LogP) is -0.168. The third kappa shape index (κ3) is 4.52. The van der Waals surface area contributed by atoms with Crippen LogP contribution in [0, 0.1) is 5.92 Å². The van der Waals surface area contributed by atoms with Gasteiger partial charge in [0.15, 0.2) is 5.69 Å². The lowest BCUT2D eigenvalue weighted by atomic mass is 9.93. The van der Waals surface area contributed by atoms with Crippen molar-refractivity contribution in [2.75, 3.05) is 32.7 Å². The largest absolute Gasteiger partial charge is 0.353 e. The van der Waals surface area contributed by atoms with Crippen molar-refractivity contribution in [3.63, 3.8) is 0 Å². The van der Waals surface area contributed by atoms with E-state index in [0.717, 1.165) is 64.7 Å². The lowest BCUT2D eigenvalue weighted by Gasteiger charge is -2.41. The summed E-state index contributed by atoms with van der Waals surface area (Å²) >= 11 is 0. The summed E-state index contributed by atoms with van der Waals surface area (Å²) in [5, 5.41) is 11.1. The number of piperidine rings is 2. The summed E-state index contributed by atoms with van der Waals surface area (Å²) in [5.41, 5.74) is 5.91. The van der Waals surface area contributed by atoms with Crippen LogP contribution in [0.5, 0.6) is 0 Å². The number of rotatable bonds is 6. The Hall–Kier alpha value is -2.00. The molecule has 1 aromatic heterocycles. The zero-order valence-corrected chi connectivity index (χ0v) is 16.4. The van der Waals surface area contributed by atoms with Crippen LogP contribution in [-0.2, 0) is 11.3 Å². The van der Waals surface area contributed by atoms with Gasteiger partial charge in [-0.2, -0.15) is 0 Å². The van der Waals surface area contributed by atoms with Gasteiger partial charge in [0, 0.05) is 38.3 Å². The molecule has 4 rings (SSSR count). The van der Waals surface area contributed by atoms with Gasteiger partial charge in [-0.15, -0.1) is 5.10 Å². The van der Waals surface area contributed by atoms with Crippen LogP contribution >= 0.6 is 0 Å². The minimum Gasteiger partial charge on any atom is -0.353 e. The molecule has 1 saturated carbocycles. The molecule has 0 aromatic carbocycles.